The number of allylic oxidation sites excluding steroid dienone is 1. The van der Waals surface area contributed by atoms with Crippen LogP contribution in [-0.2, 0) is 0 Å². The van der Waals surface area contributed by atoms with E-state index in [-0.39, 0.29) is 0 Å². The Labute approximate surface area is 90.9 Å². The van der Waals surface area contributed by atoms with Crippen LogP contribution in [0.2, 0.25) is 0 Å². The van der Waals surface area contributed by atoms with E-state index in [9.17, 15) is 0 Å². The minimum absolute atomic E-state index is 0.956. The van der Waals surface area contributed by atoms with E-state index in [1.807, 2.05) is 0 Å². The van der Waals surface area contributed by atoms with Crippen molar-refractivity contribution in [2.75, 3.05) is 5.33 Å². The zero-order valence-corrected chi connectivity index (χ0v) is 10.1. The van der Waals surface area contributed by atoms with Crippen molar-refractivity contribution < 1.29 is 0 Å². The second kappa shape index (κ2) is 6.64. The normalized spacial score (nSPS) is 28.7. The highest BCUT2D eigenvalue weighted by Crippen LogP contribution is 2.33. The molecule has 0 nitrogen and oxygen atoms in total. The van der Waals surface area contributed by atoms with E-state index in [0.29, 0.717) is 0 Å². The number of halogens is 1. The lowest BCUT2D eigenvalue weighted by molar-refractivity contribution is 0.264. The van der Waals surface area contributed by atoms with Crippen LogP contribution in [0, 0.1) is 11.8 Å². The molecule has 0 N–H and O–H groups in total. The molecule has 1 fully saturated rings. The first kappa shape index (κ1) is 11.3. The van der Waals surface area contributed by atoms with Gasteiger partial charge in [-0.1, -0.05) is 34.8 Å². The summed E-state index contributed by atoms with van der Waals surface area (Å²) < 4.78 is 0. The van der Waals surface area contributed by atoms with Crippen LogP contribution in [0.1, 0.15) is 44.9 Å². The van der Waals surface area contributed by atoms with E-state index in [1.165, 1.54) is 50.3 Å². The van der Waals surface area contributed by atoms with Crippen molar-refractivity contribution in [1.82, 2.24) is 0 Å². The fraction of sp³-hybridized carbons (Fsp3) is 0.833. The molecule has 0 atom stereocenters. The van der Waals surface area contributed by atoms with Crippen LogP contribution in [0.4, 0.5) is 0 Å². The fourth-order valence-corrected chi connectivity index (χ4v) is 2.68. The average molecular weight is 245 g/mol. The molecule has 1 saturated carbocycles. The molecule has 0 amide bonds. The molecule has 0 saturated heterocycles. The van der Waals surface area contributed by atoms with E-state index in [2.05, 4.69) is 28.6 Å². The Hall–Kier alpha value is 0.220. The lowest BCUT2D eigenvalue weighted by Gasteiger charge is -2.27. The van der Waals surface area contributed by atoms with Gasteiger partial charge < -0.3 is 0 Å². The van der Waals surface area contributed by atoms with Gasteiger partial charge in [-0.25, -0.2) is 0 Å². The molecular formula is C12H21Br. The number of hydrogen-bond acceptors (Lipinski definition) is 0. The third kappa shape index (κ3) is 4.30. The molecule has 13 heavy (non-hydrogen) atoms. The SMILES string of the molecule is C=CCC1CCC(CCCBr)CC1. The summed E-state index contributed by atoms with van der Waals surface area (Å²) in [4.78, 5) is 0. The summed E-state index contributed by atoms with van der Waals surface area (Å²) in [7, 11) is 0. The summed E-state index contributed by atoms with van der Waals surface area (Å²) in [6.45, 7) is 3.82. The molecular weight excluding hydrogens is 224 g/mol. The third-order valence-electron chi connectivity index (χ3n) is 3.21. The summed E-state index contributed by atoms with van der Waals surface area (Å²) in [6, 6.07) is 0. The zero-order valence-electron chi connectivity index (χ0n) is 8.47. The van der Waals surface area contributed by atoms with Gasteiger partial charge in [-0.15, -0.1) is 6.58 Å². The Morgan fingerprint density at radius 2 is 1.77 bits per heavy atom. The van der Waals surface area contributed by atoms with Crippen molar-refractivity contribution >= 4 is 15.9 Å². The molecule has 0 aliphatic heterocycles. The highest BCUT2D eigenvalue weighted by atomic mass is 79.9. The van der Waals surface area contributed by atoms with Gasteiger partial charge in [0.2, 0.25) is 0 Å². The van der Waals surface area contributed by atoms with Gasteiger partial charge in [-0.3, -0.25) is 0 Å². The maximum atomic E-state index is 3.82. The second-order valence-electron chi connectivity index (χ2n) is 4.24. The molecule has 0 heterocycles. The number of rotatable bonds is 5. The van der Waals surface area contributed by atoms with Crippen LogP contribution in [0.25, 0.3) is 0 Å². The van der Waals surface area contributed by atoms with Gasteiger partial charge in [0.05, 0.1) is 0 Å². The van der Waals surface area contributed by atoms with E-state index >= 15 is 0 Å². The van der Waals surface area contributed by atoms with Gasteiger partial charge in [0, 0.05) is 5.33 Å². The predicted molar refractivity (Wildman–Crippen MR) is 63.3 cm³/mol. The Bertz CT molecular complexity index is 134. The minimum atomic E-state index is 0.956. The zero-order chi connectivity index (χ0) is 9.52. The fourth-order valence-electron chi connectivity index (χ4n) is 2.36. The number of alkyl halides is 1. The van der Waals surface area contributed by atoms with E-state index < -0.39 is 0 Å². The Morgan fingerprint density at radius 3 is 2.31 bits per heavy atom. The summed E-state index contributed by atoms with van der Waals surface area (Å²) in [5.41, 5.74) is 0. The molecule has 1 aliphatic carbocycles. The monoisotopic (exact) mass is 244 g/mol. The quantitative estimate of drug-likeness (QED) is 0.492. The maximum absolute atomic E-state index is 3.82. The van der Waals surface area contributed by atoms with Gasteiger partial charge in [0.25, 0.3) is 0 Å². The van der Waals surface area contributed by atoms with Crippen molar-refractivity contribution in [3.05, 3.63) is 12.7 Å². The van der Waals surface area contributed by atoms with Crippen molar-refractivity contribution in [1.29, 1.82) is 0 Å². The highest BCUT2D eigenvalue weighted by molar-refractivity contribution is 9.09. The Kier molecular flexibility index (Phi) is 5.77. The molecule has 1 aliphatic rings. The van der Waals surface area contributed by atoms with Gasteiger partial charge in [0.15, 0.2) is 0 Å². The molecule has 0 aromatic carbocycles. The summed E-state index contributed by atoms with van der Waals surface area (Å²) in [5.74, 6) is 1.98. The first-order valence-electron chi connectivity index (χ1n) is 5.53. The van der Waals surface area contributed by atoms with E-state index in [4.69, 9.17) is 0 Å². The summed E-state index contributed by atoms with van der Waals surface area (Å²) in [5, 5.41) is 1.18. The molecule has 0 unspecified atom stereocenters. The van der Waals surface area contributed by atoms with Crippen LogP contribution >= 0.6 is 15.9 Å². The molecule has 1 rings (SSSR count). The van der Waals surface area contributed by atoms with Crippen LogP contribution in [0.15, 0.2) is 12.7 Å². The topological polar surface area (TPSA) is 0 Å². The Morgan fingerprint density at radius 1 is 1.15 bits per heavy atom. The van der Waals surface area contributed by atoms with Gasteiger partial charge in [0.1, 0.15) is 0 Å². The van der Waals surface area contributed by atoms with Crippen LogP contribution < -0.4 is 0 Å². The highest BCUT2D eigenvalue weighted by Gasteiger charge is 2.19. The third-order valence-corrected chi connectivity index (χ3v) is 3.77. The van der Waals surface area contributed by atoms with Crippen molar-refractivity contribution in [3.8, 4) is 0 Å². The van der Waals surface area contributed by atoms with E-state index in [1.54, 1.807) is 0 Å². The minimum Gasteiger partial charge on any atom is -0.103 e. The molecule has 1 heteroatoms. The smallest absolute Gasteiger partial charge is 0.00314 e. The molecule has 0 aromatic rings. The molecule has 0 radical (unpaired) electrons. The van der Waals surface area contributed by atoms with Crippen LogP contribution in [-0.4, -0.2) is 5.33 Å². The Balaban J connectivity index is 2.11. The lowest BCUT2D eigenvalue weighted by atomic mass is 9.79. The first-order chi connectivity index (χ1) is 6.36. The van der Waals surface area contributed by atoms with Gasteiger partial charge in [-0.05, 0) is 43.9 Å². The van der Waals surface area contributed by atoms with Crippen molar-refractivity contribution in [2.24, 2.45) is 11.8 Å². The number of hydrogen-bond donors (Lipinski definition) is 0. The lowest BCUT2D eigenvalue weighted by Crippen LogP contribution is -2.14. The van der Waals surface area contributed by atoms with Crippen LogP contribution in [0.3, 0.4) is 0 Å². The summed E-state index contributed by atoms with van der Waals surface area (Å²) in [6.07, 6.45) is 11.9. The van der Waals surface area contributed by atoms with E-state index in [0.717, 1.165) is 11.8 Å². The average Bonchev–Trinajstić information content (AvgIpc) is 2.17. The molecule has 0 bridgehead atoms. The predicted octanol–water partition coefficient (Wildman–Crippen LogP) is 4.54. The van der Waals surface area contributed by atoms with Crippen molar-refractivity contribution in [2.45, 2.75) is 44.9 Å². The molecule has 76 valence electrons. The van der Waals surface area contributed by atoms with Crippen molar-refractivity contribution in [3.63, 3.8) is 0 Å². The van der Waals surface area contributed by atoms with Gasteiger partial charge >= 0.3 is 0 Å². The summed E-state index contributed by atoms with van der Waals surface area (Å²) >= 11 is 3.50. The standard InChI is InChI=1S/C12H21Br/c1-2-4-11-6-8-12(9-7-11)5-3-10-13/h2,11-12H,1,3-10H2. The van der Waals surface area contributed by atoms with Crippen LogP contribution in [0.5, 0.6) is 0 Å². The first-order valence-corrected chi connectivity index (χ1v) is 6.65. The second-order valence-corrected chi connectivity index (χ2v) is 5.04. The molecule has 0 aromatic heterocycles. The molecule has 0 spiro atoms. The largest absolute Gasteiger partial charge is 0.103 e. The maximum Gasteiger partial charge on any atom is 0.00314 e. The van der Waals surface area contributed by atoms with Gasteiger partial charge in [-0.2, -0.15) is 0 Å².